The molecule has 0 nitrogen and oxygen atoms in total. The molecule has 0 bridgehead atoms. The molecule has 0 radical (unpaired) electrons. The van der Waals surface area contributed by atoms with Crippen LogP contribution in [0, 0.1) is 12.7 Å². The second-order valence-corrected chi connectivity index (χ2v) is 4.81. The van der Waals surface area contributed by atoms with Crippen LogP contribution in [-0.4, -0.2) is 5.88 Å². The van der Waals surface area contributed by atoms with Gasteiger partial charge in [-0.25, -0.2) is 4.39 Å². The molecule has 0 aliphatic rings. The lowest BCUT2D eigenvalue weighted by molar-refractivity contribution is 0.598. The first-order valence-electron chi connectivity index (χ1n) is 6.07. The highest BCUT2D eigenvalue weighted by atomic mass is 35.5. The Bertz CT molecular complexity index is 522. The van der Waals surface area contributed by atoms with Gasteiger partial charge in [-0.15, -0.1) is 11.6 Å². The molecule has 0 fully saturated rings. The zero-order valence-corrected chi connectivity index (χ0v) is 11.1. The number of aryl methyl sites for hydroxylation is 1. The smallest absolute Gasteiger partial charge is 0.126 e. The third kappa shape index (κ3) is 2.91. The third-order valence-corrected chi connectivity index (χ3v) is 3.61. The van der Waals surface area contributed by atoms with Crippen LogP contribution >= 0.6 is 11.6 Å². The summed E-state index contributed by atoms with van der Waals surface area (Å²) >= 11 is 6.05. The summed E-state index contributed by atoms with van der Waals surface area (Å²) in [5, 5.41) is 0. The van der Waals surface area contributed by atoms with Crippen LogP contribution in [0.1, 0.15) is 22.6 Å². The standard InChI is InChI=1S/C16H16ClF/c1-12-6-2-4-8-15(12)14(11-17)10-13-7-3-5-9-16(13)18/h2-9,14H,10-11H2,1H3. The van der Waals surface area contributed by atoms with Crippen molar-refractivity contribution in [2.45, 2.75) is 19.3 Å². The molecule has 0 aliphatic heterocycles. The number of rotatable bonds is 4. The van der Waals surface area contributed by atoms with Crippen molar-refractivity contribution in [2.24, 2.45) is 0 Å². The molecule has 2 aromatic rings. The van der Waals surface area contributed by atoms with Crippen LogP contribution in [0.2, 0.25) is 0 Å². The van der Waals surface area contributed by atoms with Crippen LogP contribution in [0.25, 0.3) is 0 Å². The van der Waals surface area contributed by atoms with Crippen LogP contribution < -0.4 is 0 Å². The Morgan fingerprint density at radius 3 is 2.39 bits per heavy atom. The van der Waals surface area contributed by atoms with Gasteiger partial charge in [0.2, 0.25) is 0 Å². The van der Waals surface area contributed by atoms with Gasteiger partial charge in [0, 0.05) is 11.8 Å². The van der Waals surface area contributed by atoms with E-state index in [0.29, 0.717) is 12.3 Å². The molecular formula is C16H16ClF. The molecule has 2 heteroatoms. The van der Waals surface area contributed by atoms with Gasteiger partial charge in [-0.1, -0.05) is 42.5 Å². The summed E-state index contributed by atoms with van der Waals surface area (Å²) in [7, 11) is 0. The highest BCUT2D eigenvalue weighted by Crippen LogP contribution is 2.26. The molecule has 0 heterocycles. The first-order valence-corrected chi connectivity index (χ1v) is 6.60. The average Bonchev–Trinajstić information content (AvgIpc) is 2.39. The molecule has 0 amide bonds. The molecule has 0 aromatic heterocycles. The highest BCUT2D eigenvalue weighted by molar-refractivity contribution is 6.18. The maximum Gasteiger partial charge on any atom is 0.126 e. The van der Waals surface area contributed by atoms with E-state index in [0.717, 1.165) is 5.56 Å². The van der Waals surface area contributed by atoms with Crippen LogP contribution in [0.3, 0.4) is 0 Å². The minimum atomic E-state index is -0.152. The summed E-state index contributed by atoms with van der Waals surface area (Å²) in [4.78, 5) is 0. The molecule has 0 N–H and O–H groups in total. The van der Waals surface area contributed by atoms with Gasteiger partial charge in [-0.2, -0.15) is 0 Å². The molecule has 1 atom stereocenters. The van der Waals surface area contributed by atoms with E-state index < -0.39 is 0 Å². The van der Waals surface area contributed by atoms with E-state index in [2.05, 4.69) is 19.1 Å². The van der Waals surface area contributed by atoms with Gasteiger partial charge >= 0.3 is 0 Å². The topological polar surface area (TPSA) is 0 Å². The Hall–Kier alpha value is -1.34. The van der Waals surface area contributed by atoms with Crippen LogP contribution in [0.5, 0.6) is 0 Å². The molecule has 0 saturated heterocycles. The molecule has 0 aliphatic carbocycles. The number of hydrogen-bond acceptors (Lipinski definition) is 0. The second kappa shape index (κ2) is 6.01. The van der Waals surface area contributed by atoms with Crippen molar-refractivity contribution in [1.82, 2.24) is 0 Å². The Morgan fingerprint density at radius 2 is 1.72 bits per heavy atom. The maximum atomic E-state index is 13.7. The van der Waals surface area contributed by atoms with E-state index in [-0.39, 0.29) is 11.7 Å². The first kappa shape index (κ1) is 13.1. The number of alkyl halides is 1. The zero-order chi connectivity index (χ0) is 13.0. The normalized spacial score (nSPS) is 12.4. The van der Waals surface area contributed by atoms with Gasteiger partial charge in [0.1, 0.15) is 5.82 Å². The molecule has 0 saturated carbocycles. The predicted molar refractivity (Wildman–Crippen MR) is 74.7 cm³/mol. The number of benzene rings is 2. The Labute approximate surface area is 112 Å². The van der Waals surface area contributed by atoms with Gasteiger partial charge in [0.05, 0.1) is 0 Å². The molecule has 2 aromatic carbocycles. The molecule has 1 unspecified atom stereocenters. The number of halogens is 2. The minimum absolute atomic E-state index is 0.152. The molecule has 94 valence electrons. The second-order valence-electron chi connectivity index (χ2n) is 4.50. The lowest BCUT2D eigenvalue weighted by Gasteiger charge is -2.17. The quantitative estimate of drug-likeness (QED) is 0.701. The third-order valence-electron chi connectivity index (χ3n) is 3.24. The molecule has 0 spiro atoms. The van der Waals surface area contributed by atoms with Gasteiger partial charge < -0.3 is 0 Å². The predicted octanol–water partition coefficient (Wildman–Crippen LogP) is 4.70. The molecule has 18 heavy (non-hydrogen) atoms. The summed E-state index contributed by atoms with van der Waals surface area (Å²) in [5.41, 5.74) is 3.14. The van der Waals surface area contributed by atoms with E-state index in [1.165, 1.54) is 17.2 Å². The van der Waals surface area contributed by atoms with Crippen molar-refractivity contribution in [3.05, 3.63) is 71.0 Å². The lowest BCUT2D eigenvalue weighted by Crippen LogP contribution is -2.07. The van der Waals surface area contributed by atoms with Crippen molar-refractivity contribution < 1.29 is 4.39 Å². The SMILES string of the molecule is Cc1ccccc1C(CCl)Cc1ccccc1F. The Kier molecular flexibility index (Phi) is 4.38. The van der Waals surface area contributed by atoms with Crippen LogP contribution in [0.4, 0.5) is 4.39 Å². The monoisotopic (exact) mass is 262 g/mol. The minimum Gasteiger partial charge on any atom is -0.207 e. The van der Waals surface area contributed by atoms with Crippen molar-refractivity contribution in [2.75, 3.05) is 5.88 Å². The van der Waals surface area contributed by atoms with Crippen molar-refractivity contribution >= 4 is 11.6 Å². The summed E-state index contributed by atoms with van der Waals surface area (Å²) in [6.45, 7) is 2.07. The first-order chi connectivity index (χ1) is 8.72. The van der Waals surface area contributed by atoms with Gasteiger partial charge in [0.15, 0.2) is 0 Å². The van der Waals surface area contributed by atoms with E-state index in [1.807, 2.05) is 24.3 Å². The lowest BCUT2D eigenvalue weighted by atomic mass is 9.90. The zero-order valence-electron chi connectivity index (χ0n) is 10.4. The fourth-order valence-corrected chi connectivity index (χ4v) is 2.50. The van der Waals surface area contributed by atoms with E-state index in [9.17, 15) is 4.39 Å². The molecule has 2 rings (SSSR count). The van der Waals surface area contributed by atoms with Crippen LogP contribution in [0.15, 0.2) is 48.5 Å². The summed E-state index contributed by atoms with van der Waals surface area (Å²) in [6.07, 6.45) is 0.640. The Morgan fingerprint density at radius 1 is 1.06 bits per heavy atom. The van der Waals surface area contributed by atoms with E-state index in [4.69, 9.17) is 11.6 Å². The summed E-state index contributed by atoms with van der Waals surface area (Å²) in [6, 6.07) is 15.0. The van der Waals surface area contributed by atoms with Crippen LogP contribution in [-0.2, 0) is 6.42 Å². The van der Waals surface area contributed by atoms with Gasteiger partial charge in [0.25, 0.3) is 0 Å². The number of hydrogen-bond donors (Lipinski definition) is 0. The van der Waals surface area contributed by atoms with E-state index in [1.54, 1.807) is 6.07 Å². The van der Waals surface area contributed by atoms with Gasteiger partial charge in [-0.05, 0) is 36.1 Å². The highest BCUT2D eigenvalue weighted by Gasteiger charge is 2.15. The summed E-state index contributed by atoms with van der Waals surface area (Å²) in [5.74, 6) is 0.505. The summed E-state index contributed by atoms with van der Waals surface area (Å²) < 4.78 is 13.7. The van der Waals surface area contributed by atoms with Crippen molar-refractivity contribution in [3.8, 4) is 0 Å². The fourth-order valence-electron chi connectivity index (χ4n) is 2.22. The largest absolute Gasteiger partial charge is 0.207 e. The fraction of sp³-hybridized carbons (Fsp3) is 0.250. The van der Waals surface area contributed by atoms with E-state index >= 15 is 0 Å². The average molecular weight is 263 g/mol. The van der Waals surface area contributed by atoms with Gasteiger partial charge in [-0.3, -0.25) is 0 Å². The Balaban J connectivity index is 2.26. The molecular weight excluding hydrogens is 247 g/mol. The van der Waals surface area contributed by atoms with Crippen molar-refractivity contribution in [3.63, 3.8) is 0 Å². The van der Waals surface area contributed by atoms with Crippen molar-refractivity contribution in [1.29, 1.82) is 0 Å². The maximum absolute atomic E-state index is 13.7.